The Labute approximate surface area is 243 Å². The van der Waals surface area contributed by atoms with Crippen molar-refractivity contribution in [1.29, 1.82) is 0 Å². The van der Waals surface area contributed by atoms with Gasteiger partial charge >= 0.3 is 0 Å². The van der Waals surface area contributed by atoms with Crippen molar-refractivity contribution >= 4 is 57.2 Å². The van der Waals surface area contributed by atoms with Gasteiger partial charge in [0, 0.05) is 28.4 Å². The lowest BCUT2D eigenvalue weighted by atomic mass is 9.33. The first-order chi connectivity index (χ1) is 20.3. The molecule has 0 radical (unpaired) electrons. The van der Waals surface area contributed by atoms with E-state index in [-0.39, 0.29) is 6.71 Å². The van der Waals surface area contributed by atoms with Gasteiger partial charge in [-0.05, 0) is 89.2 Å². The Morgan fingerprint density at radius 2 is 1.15 bits per heavy atom. The highest BCUT2D eigenvalue weighted by Gasteiger charge is 2.43. The van der Waals surface area contributed by atoms with E-state index in [4.69, 9.17) is 4.74 Å². The summed E-state index contributed by atoms with van der Waals surface area (Å²) in [5.74, 6) is 1.46. The molecule has 8 rings (SSSR count). The number of methoxy groups -OCH3 is 1. The zero-order valence-electron chi connectivity index (χ0n) is 23.5. The molecule has 5 aromatic rings. The second-order valence-electron chi connectivity index (χ2n) is 11.5. The van der Waals surface area contributed by atoms with Crippen LogP contribution < -0.4 is 30.9 Å². The van der Waals surface area contributed by atoms with Gasteiger partial charge in [0.15, 0.2) is 0 Å². The lowest BCUT2D eigenvalue weighted by molar-refractivity contribution is 0.416. The van der Waals surface area contributed by atoms with Crippen LogP contribution in [-0.4, -0.2) is 13.8 Å². The van der Waals surface area contributed by atoms with Crippen molar-refractivity contribution in [2.24, 2.45) is 0 Å². The molecule has 0 bridgehead atoms. The molecule has 4 heteroatoms. The Kier molecular flexibility index (Phi) is 5.87. The average molecular weight is 532 g/mol. The van der Waals surface area contributed by atoms with Crippen molar-refractivity contribution in [1.82, 2.24) is 0 Å². The molecule has 3 nitrogen and oxygen atoms in total. The van der Waals surface area contributed by atoms with E-state index in [1.54, 1.807) is 7.11 Å². The summed E-state index contributed by atoms with van der Waals surface area (Å²) in [7, 11) is 1.78. The normalized spacial score (nSPS) is 15.7. The largest absolute Gasteiger partial charge is 0.495 e. The van der Waals surface area contributed by atoms with E-state index < -0.39 is 0 Å². The molecule has 200 valence electrons. The Bertz CT molecular complexity index is 1740. The summed E-state index contributed by atoms with van der Waals surface area (Å²) in [6.45, 7) is 0.152. The van der Waals surface area contributed by atoms with E-state index in [2.05, 4.69) is 125 Å². The summed E-state index contributed by atoms with van der Waals surface area (Å²) in [5.41, 5.74) is 12.8. The zero-order valence-corrected chi connectivity index (χ0v) is 23.5. The number of hydrogen-bond donors (Lipinski definition) is 0. The molecule has 0 N–H and O–H groups in total. The smallest absolute Gasteiger partial charge is 0.252 e. The number of hydrogen-bond acceptors (Lipinski definition) is 3. The van der Waals surface area contributed by atoms with E-state index >= 15 is 0 Å². The molecular weight excluding hydrogens is 499 g/mol. The van der Waals surface area contributed by atoms with E-state index in [0.717, 1.165) is 11.4 Å². The number of rotatable bonds is 4. The molecule has 0 atom stereocenters. The molecule has 2 heterocycles. The zero-order chi connectivity index (χ0) is 27.3. The van der Waals surface area contributed by atoms with Crippen LogP contribution in [0.1, 0.15) is 43.6 Å². The van der Waals surface area contributed by atoms with Gasteiger partial charge in [-0.1, -0.05) is 86.0 Å². The van der Waals surface area contributed by atoms with E-state index in [0.29, 0.717) is 5.92 Å². The van der Waals surface area contributed by atoms with Gasteiger partial charge in [0.2, 0.25) is 0 Å². The summed E-state index contributed by atoms with van der Waals surface area (Å²) in [6.07, 6.45) is 6.48. The van der Waals surface area contributed by atoms with Crippen molar-refractivity contribution < 1.29 is 4.74 Å². The van der Waals surface area contributed by atoms with Crippen LogP contribution in [0.5, 0.6) is 5.75 Å². The van der Waals surface area contributed by atoms with Crippen LogP contribution in [0.3, 0.4) is 0 Å². The molecule has 1 fully saturated rings. The SMILES string of the molecule is COc1ccccc1N1c2ccccc2B2c3ccccc3N(c3ccccc3)c3cc(C4CCCCC4)cc1c32. The minimum atomic E-state index is 0.152. The highest BCUT2D eigenvalue weighted by atomic mass is 16.5. The number of nitrogens with zero attached hydrogens (tertiary/aromatic N) is 2. The number of ether oxygens (including phenoxy) is 1. The number of benzene rings is 5. The molecule has 0 spiro atoms. The van der Waals surface area contributed by atoms with E-state index in [1.165, 1.54) is 82.5 Å². The molecule has 2 aliphatic heterocycles. The fourth-order valence-electron chi connectivity index (χ4n) is 7.52. The molecule has 0 unspecified atom stereocenters. The summed E-state index contributed by atoms with van der Waals surface area (Å²) in [4.78, 5) is 4.97. The maximum absolute atomic E-state index is 5.97. The first kappa shape index (κ1) is 24.4. The maximum Gasteiger partial charge on any atom is 0.252 e. The van der Waals surface area contributed by atoms with Crippen molar-refractivity contribution in [3.8, 4) is 5.75 Å². The fourth-order valence-corrected chi connectivity index (χ4v) is 7.52. The monoisotopic (exact) mass is 532 g/mol. The van der Waals surface area contributed by atoms with Gasteiger partial charge in [-0.3, -0.25) is 0 Å². The summed E-state index contributed by atoms with van der Waals surface area (Å²) < 4.78 is 5.97. The number of para-hydroxylation sites is 5. The van der Waals surface area contributed by atoms with Crippen molar-refractivity contribution in [2.75, 3.05) is 16.9 Å². The van der Waals surface area contributed by atoms with Crippen LogP contribution >= 0.6 is 0 Å². The van der Waals surface area contributed by atoms with Crippen molar-refractivity contribution in [2.45, 2.75) is 38.0 Å². The molecule has 1 saturated carbocycles. The van der Waals surface area contributed by atoms with Gasteiger partial charge in [0.05, 0.1) is 12.8 Å². The minimum absolute atomic E-state index is 0.152. The highest BCUT2D eigenvalue weighted by Crippen LogP contribution is 2.48. The number of fused-ring (bicyclic) bond motifs is 4. The lowest BCUT2D eigenvalue weighted by Crippen LogP contribution is -2.61. The van der Waals surface area contributed by atoms with Gasteiger partial charge in [0.25, 0.3) is 6.71 Å². The second kappa shape index (κ2) is 9.88. The van der Waals surface area contributed by atoms with Crippen LogP contribution in [0.2, 0.25) is 0 Å². The third-order valence-electron chi connectivity index (χ3n) is 9.32. The van der Waals surface area contributed by atoms with Gasteiger partial charge in [-0.25, -0.2) is 0 Å². The molecule has 0 aromatic heterocycles. The Morgan fingerprint density at radius 3 is 1.83 bits per heavy atom. The van der Waals surface area contributed by atoms with Crippen LogP contribution in [-0.2, 0) is 0 Å². The molecule has 1 aliphatic carbocycles. The average Bonchev–Trinajstić information content (AvgIpc) is 3.05. The van der Waals surface area contributed by atoms with Crippen LogP contribution in [0.15, 0.2) is 115 Å². The quantitative estimate of drug-likeness (QED) is 0.215. The van der Waals surface area contributed by atoms with Crippen molar-refractivity contribution in [3.05, 3.63) is 121 Å². The van der Waals surface area contributed by atoms with E-state index in [1.807, 2.05) is 0 Å². The summed E-state index contributed by atoms with van der Waals surface area (Å²) >= 11 is 0. The van der Waals surface area contributed by atoms with Gasteiger partial charge in [-0.15, -0.1) is 0 Å². The molecule has 0 amide bonds. The second-order valence-corrected chi connectivity index (χ2v) is 11.5. The Hall–Kier alpha value is -4.44. The molecule has 5 aromatic carbocycles. The predicted octanol–water partition coefficient (Wildman–Crippen LogP) is 7.83. The fraction of sp³-hybridized carbons (Fsp3) is 0.189. The van der Waals surface area contributed by atoms with E-state index in [9.17, 15) is 0 Å². The maximum atomic E-state index is 5.97. The topological polar surface area (TPSA) is 15.7 Å². The minimum Gasteiger partial charge on any atom is -0.495 e. The van der Waals surface area contributed by atoms with Crippen LogP contribution in [0, 0.1) is 0 Å². The number of anilines is 6. The Balaban J connectivity index is 1.48. The van der Waals surface area contributed by atoms with Crippen molar-refractivity contribution in [3.63, 3.8) is 0 Å². The lowest BCUT2D eigenvalue weighted by Gasteiger charge is -2.45. The standard InChI is InChI=1S/C37H33BN2O/c1-41-36-23-13-12-22-33(36)40-32-21-11-9-19-30(32)38-29-18-8-10-20-31(29)39(28-16-6-3-7-17-28)34-24-27(25-35(40)37(34)38)26-14-4-2-5-15-26/h3,6-13,16-26H,2,4-5,14-15H2,1H3. The van der Waals surface area contributed by atoms with Gasteiger partial charge in [0.1, 0.15) is 5.75 Å². The molecule has 3 aliphatic rings. The molecule has 0 saturated heterocycles. The van der Waals surface area contributed by atoms with Gasteiger partial charge in [-0.2, -0.15) is 0 Å². The summed E-state index contributed by atoms with van der Waals surface area (Å²) in [6, 6.07) is 42.3. The summed E-state index contributed by atoms with van der Waals surface area (Å²) in [5, 5.41) is 0. The van der Waals surface area contributed by atoms with Gasteiger partial charge < -0.3 is 14.5 Å². The third-order valence-corrected chi connectivity index (χ3v) is 9.32. The van der Waals surface area contributed by atoms with Crippen LogP contribution in [0.25, 0.3) is 0 Å². The molecule has 41 heavy (non-hydrogen) atoms. The first-order valence-corrected chi connectivity index (χ1v) is 15.0. The van der Waals surface area contributed by atoms with Crippen LogP contribution in [0.4, 0.5) is 34.1 Å². The third kappa shape index (κ3) is 3.81. The molecular formula is C37H33BN2O. The predicted molar refractivity (Wildman–Crippen MR) is 173 cm³/mol. The first-order valence-electron chi connectivity index (χ1n) is 15.0. The highest BCUT2D eigenvalue weighted by molar-refractivity contribution is 7.00. The Morgan fingerprint density at radius 1 is 0.585 bits per heavy atom.